The molecule has 2 aromatic heterocycles. The van der Waals surface area contributed by atoms with E-state index in [0.29, 0.717) is 5.82 Å². The van der Waals surface area contributed by atoms with Crippen molar-refractivity contribution in [3.63, 3.8) is 0 Å². The second kappa shape index (κ2) is 4.22. The molecule has 0 radical (unpaired) electrons. The summed E-state index contributed by atoms with van der Waals surface area (Å²) in [4.78, 5) is 1.31. The first kappa shape index (κ1) is 11.7. The first-order valence-corrected chi connectivity index (χ1v) is 6.73. The highest BCUT2D eigenvalue weighted by atomic mass is 79.9. The number of hydrogen-bond acceptors (Lipinski definition) is 3. The second-order valence-corrected chi connectivity index (χ2v) is 5.61. The number of halogens is 1. The zero-order chi connectivity index (χ0) is 11.9. The molecule has 5 heteroatoms. The van der Waals surface area contributed by atoms with Gasteiger partial charge >= 0.3 is 0 Å². The Morgan fingerprint density at radius 2 is 2.19 bits per heavy atom. The summed E-state index contributed by atoms with van der Waals surface area (Å²) in [5, 5.41) is 6.56. The van der Waals surface area contributed by atoms with E-state index in [4.69, 9.17) is 5.73 Å². The normalized spacial score (nSPS) is 13.0. The van der Waals surface area contributed by atoms with E-state index < -0.39 is 0 Å². The zero-order valence-corrected chi connectivity index (χ0v) is 11.9. The van der Waals surface area contributed by atoms with Crippen LogP contribution in [0.2, 0.25) is 0 Å². The Kier molecular flexibility index (Phi) is 3.08. The lowest BCUT2D eigenvalue weighted by atomic mass is 10.2. The highest BCUT2D eigenvalue weighted by Gasteiger charge is 2.18. The fourth-order valence-electron chi connectivity index (χ4n) is 1.76. The summed E-state index contributed by atoms with van der Waals surface area (Å²) < 4.78 is 2.77. The summed E-state index contributed by atoms with van der Waals surface area (Å²) in [5.74, 6) is 0.692. The average Bonchev–Trinajstić information content (AvgIpc) is 2.77. The van der Waals surface area contributed by atoms with Gasteiger partial charge in [0.2, 0.25) is 0 Å². The van der Waals surface area contributed by atoms with Crippen molar-refractivity contribution in [2.45, 2.75) is 26.8 Å². The zero-order valence-electron chi connectivity index (χ0n) is 9.49. The van der Waals surface area contributed by atoms with Crippen LogP contribution >= 0.6 is 27.3 Å². The van der Waals surface area contributed by atoms with Crippen LogP contribution in [-0.4, -0.2) is 9.78 Å². The van der Waals surface area contributed by atoms with E-state index >= 15 is 0 Å². The van der Waals surface area contributed by atoms with Crippen LogP contribution in [0.5, 0.6) is 0 Å². The van der Waals surface area contributed by atoms with Gasteiger partial charge in [-0.1, -0.05) is 0 Å². The van der Waals surface area contributed by atoms with Gasteiger partial charge in [0, 0.05) is 4.88 Å². The first-order valence-electron chi connectivity index (χ1n) is 5.06. The van der Waals surface area contributed by atoms with Gasteiger partial charge in [0.25, 0.3) is 0 Å². The monoisotopic (exact) mass is 299 g/mol. The number of nitrogens with zero attached hydrogens (tertiary/aromatic N) is 2. The molecule has 0 amide bonds. The molecule has 16 heavy (non-hydrogen) atoms. The van der Waals surface area contributed by atoms with Crippen LogP contribution in [0.25, 0.3) is 0 Å². The quantitative estimate of drug-likeness (QED) is 0.922. The van der Waals surface area contributed by atoms with Gasteiger partial charge < -0.3 is 5.73 Å². The van der Waals surface area contributed by atoms with Crippen molar-refractivity contribution in [2.24, 2.45) is 0 Å². The first-order chi connectivity index (χ1) is 7.52. The van der Waals surface area contributed by atoms with E-state index in [1.165, 1.54) is 10.4 Å². The number of nitrogens with two attached hydrogens (primary N) is 1. The molecule has 0 fully saturated rings. The molecule has 2 heterocycles. The molecule has 0 aliphatic rings. The molecule has 0 aliphatic carbocycles. The molecular formula is C11H14BrN3S. The van der Waals surface area contributed by atoms with Crippen molar-refractivity contribution < 1.29 is 0 Å². The molecule has 86 valence electrons. The summed E-state index contributed by atoms with van der Waals surface area (Å²) in [5.41, 5.74) is 8.24. The molecule has 3 nitrogen and oxygen atoms in total. The van der Waals surface area contributed by atoms with Gasteiger partial charge in [-0.15, -0.1) is 11.3 Å². The summed E-state index contributed by atoms with van der Waals surface area (Å²) in [6, 6.07) is 2.31. The van der Waals surface area contributed by atoms with Crippen molar-refractivity contribution in [3.05, 3.63) is 32.1 Å². The third kappa shape index (κ3) is 1.78. The fourth-order valence-corrected chi connectivity index (χ4v) is 2.99. The number of aromatic nitrogens is 2. The number of aryl methyl sites for hydroxylation is 2. The maximum absolute atomic E-state index is 6.02. The average molecular weight is 300 g/mol. The minimum absolute atomic E-state index is 0.185. The van der Waals surface area contributed by atoms with Crippen LogP contribution < -0.4 is 5.73 Å². The van der Waals surface area contributed by atoms with Crippen molar-refractivity contribution in [3.8, 4) is 0 Å². The van der Waals surface area contributed by atoms with E-state index in [9.17, 15) is 0 Å². The fraction of sp³-hybridized carbons (Fsp3) is 0.364. The Labute approximate surface area is 107 Å². The number of anilines is 1. The van der Waals surface area contributed by atoms with Crippen LogP contribution in [0, 0.1) is 13.8 Å². The topological polar surface area (TPSA) is 43.8 Å². The van der Waals surface area contributed by atoms with Crippen LogP contribution in [0.15, 0.2) is 15.9 Å². The van der Waals surface area contributed by atoms with Crippen molar-refractivity contribution >= 4 is 33.1 Å². The van der Waals surface area contributed by atoms with Crippen LogP contribution in [0.1, 0.15) is 29.1 Å². The summed E-state index contributed by atoms with van der Waals surface area (Å²) >= 11 is 5.19. The minimum Gasteiger partial charge on any atom is -0.383 e. The van der Waals surface area contributed by atoms with E-state index in [0.717, 1.165) is 10.2 Å². The van der Waals surface area contributed by atoms with E-state index in [2.05, 4.69) is 46.3 Å². The smallest absolute Gasteiger partial charge is 0.137 e. The van der Waals surface area contributed by atoms with Gasteiger partial charge in [-0.3, -0.25) is 0 Å². The van der Waals surface area contributed by atoms with E-state index in [1.807, 2.05) is 11.6 Å². The molecule has 2 aromatic rings. The largest absolute Gasteiger partial charge is 0.383 e. The van der Waals surface area contributed by atoms with Crippen molar-refractivity contribution in [2.75, 3.05) is 5.73 Å². The highest BCUT2D eigenvalue weighted by molar-refractivity contribution is 9.10. The van der Waals surface area contributed by atoms with E-state index in [-0.39, 0.29) is 6.04 Å². The molecule has 1 atom stereocenters. The predicted molar refractivity (Wildman–Crippen MR) is 71.9 cm³/mol. The SMILES string of the molecule is Cc1ccsc1C(C)n1nc(C)c(Br)c1N. The molecule has 2 N–H and O–H groups in total. The third-order valence-corrected chi connectivity index (χ3v) is 4.86. The predicted octanol–water partition coefficient (Wildman–Crippen LogP) is 3.52. The summed E-state index contributed by atoms with van der Waals surface area (Å²) in [6.45, 7) is 6.18. The molecule has 0 bridgehead atoms. The number of hydrogen-bond donors (Lipinski definition) is 1. The third-order valence-electron chi connectivity index (χ3n) is 2.70. The number of nitrogen functional groups attached to an aromatic ring is 1. The minimum atomic E-state index is 0.185. The van der Waals surface area contributed by atoms with Crippen molar-refractivity contribution in [1.29, 1.82) is 0 Å². The Hall–Kier alpha value is -0.810. The van der Waals surface area contributed by atoms with Gasteiger partial charge in [0.05, 0.1) is 16.2 Å². The molecule has 0 saturated heterocycles. The summed E-state index contributed by atoms with van der Waals surface area (Å²) in [7, 11) is 0. The van der Waals surface area contributed by atoms with Gasteiger partial charge in [-0.2, -0.15) is 5.10 Å². The van der Waals surface area contributed by atoms with Crippen LogP contribution in [0.4, 0.5) is 5.82 Å². The Morgan fingerprint density at radius 3 is 2.62 bits per heavy atom. The molecule has 0 saturated carbocycles. The number of rotatable bonds is 2. The lowest BCUT2D eigenvalue weighted by Gasteiger charge is -2.13. The van der Waals surface area contributed by atoms with Gasteiger partial charge in [0.1, 0.15) is 5.82 Å². The van der Waals surface area contributed by atoms with Gasteiger partial charge in [0.15, 0.2) is 0 Å². The highest BCUT2D eigenvalue weighted by Crippen LogP contribution is 2.32. The molecule has 0 aliphatic heterocycles. The van der Waals surface area contributed by atoms with Crippen LogP contribution in [0.3, 0.4) is 0 Å². The standard InChI is InChI=1S/C11H14BrN3S/c1-6-4-5-16-10(6)8(3)15-11(13)9(12)7(2)14-15/h4-5,8H,13H2,1-3H3. The molecular weight excluding hydrogens is 286 g/mol. The lowest BCUT2D eigenvalue weighted by molar-refractivity contribution is 0.575. The number of thiophene rings is 1. The molecule has 0 spiro atoms. The van der Waals surface area contributed by atoms with E-state index in [1.54, 1.807) is 11.3 Å². The van der Waals surface area contributed by atoms with Crippen LogP contribution in [-0.2, 0) is 0 Å². The Balaban J connectivity index is 2.45. The van der Waals surface area contributed by atoms with Gasteiger partial charge in [-0.05, 0) is 53.7 Å². The molecule has 0 aromatic carbocycles. The lowest BCUT2D eigenvalue weighted by Crippen LogP contribution is -2.11. The Bertz CT molecular complexity index is 515. The molecule has 1 unspecified atom stereocenters. The Morgan fingerprint density at radius 1 is 1.50 bits per heavy atom. The van der Waals surface area contributed by atoms with Crippen molar-refractivity contribution in [1.82, 2.24) is 9.78 Å². The molecule has 2 rings (SSSR count). The summed E-state index contributed by atoms with van der Waals surface area (Å²) in [6.07, 6.45) is 0. The maximum Gasteiger partial charge on any atom is 0.137 e. The van der Waals surface area contributed by atoms with Gasteiger partial charge in [-0.25, -0.2) is 4.68 Å². The maximum atomic E-state index is 6.02. The second-order valence-electron chi connectivity index (χ2n) is 3.87.